The van der Waals surface area contributed by atoms with Crippen molar-refractivity contribution in [1.29, 1.82) is 0 Å². The first-order valence-electron chi connectivity index (χ1n) is 19.5. The van der Waals surface area contributed by atoms with Crippen molar-refractivity contribution in [1.82, 2.24) is 9.55 Å². The van der Waals surface area contributed by atoms with Crippen molar-refractivity contribution in [2.75, 3.05) is 0 Å². The van der Waals surface area contributed by atoms with Gasteiger partial charge in [-0.15, -0.1) is 0 Å². The summed E-state index contributed by atoms with van der Waals surface area (Å²) in [5.74, 6) is 0. The molecule has 11 aromatic rings. The number of rotatable bonds is 6. The van der Waals surface area contributed by atoms with Crippen LogP contribution >= 0.6 is 0 Å². The fraction of sp³-hybridized carbons (Fsp3) is 0. The van der Waals surface area contributed by atoms with Gasteiger partial charge in [-0.1, -0.05) is 170 Å². The van der Waals surface area contributed by atoms with Gasteiger partial charge in [-0.3, -0.25) is 4.57 Å². The number of hydrogen-bond donors (Lipinski definition) is 0. The van der Waals surface area contributed by atoms with E-state index in [4.69, 9.17) is 4.98 Å². The minimum Gasteiger partial charge on any atom is -0.294 e. The van der Waals surface area contributed by atoms with E-state index in [0.29, 0.717) is 0 Å². The zero-order valence-corrected chi connectivity index (χ0v) is 31.2. The van der Waals surface area contributed by atoms with Crippen molar-refractivity contribution in [3.05, 3.63) is 219 Å². The highest BCUT2D eigenvalue weighted by atomic mass is 15.0. The van der Waals surface area contributed by atoms with Gasteiger partial charge in [0.15, 0.2) is 0 Å². The second kappa shape index (κ2) is 13.6. The molecule has 11 rings (SSSR count). The summed E-state index contributed by atoms with van der Waals surface area (Å²) >= 11 is 0. The van der Waals surface area contributed by atoms with Gasteiger partial charge in [-0.25, -0.2) is 4.98 Å². The number of hydrogen-bond acceptors (Lipinski definition) is 1. The first-order chi connectivity index (χ1) is 28.3. The lowest BCUT2D eigenvalue weighted by molar-refractivity contribution is 1.14. The van der Waals surface area contributed by atoms with Crippen LogP contribution in [0.2, 0.25) is 0 Å². The smallest absolute Gasteiger partial charge is 0.145 e. The average molecular weight is 725 g/mol. The largest absolute Gasteiger partial charge is 0.294 e. The van der Waals surface area contributed by atoms with E-state index in [1.54, 1.807) is 0 Å². The summed E-state index contributed by atoms with van der Waals surface area (Å²) in [5.41, 5.74) is 15.3. The van der Waals surface area contributed by atoms with Gasteiger partial charge in [-0.05, 0) is 120 Å². The summed E-state index contributed by atoms with van der Waals surface area (Å²) in [5, 5.41) is 7.34. The second-order valence-electron chi connectivity index (χ2n) is 14.7. The lowest BCUT2D eigenvalue weighted by atomic mass is 9.84. The number of aromatic nitrogens is 2. The summed E-state index contributed by atoms with van der Waals surface area (Å²) in [6, 6.07) is 77.0. The fourth-order valence-electron chi connectivity index (χ4n) is 8.97. The Labute approximate surface area is 331 Å². The van der Waals surface area contributed by atoms with E-state index in [1.807, 2.05) is 12.3 Å². The van der Waals surface area contributed by atoms with Crippen LogP contribution in [0.25, 0.3) is 105 Å². The molecule has 0 bridgehead atoms. The third-order valence-corrected chi connectivity index (χ3v) is 11.5. The summed E-state index contributed by atoms with van der Waals surface area (Å²) in [4.78, 5) is 4.86. The normalized spacial score (nSPS) is 11.5. The van der Waals surface area contributed by atoms with Gasteiger partial charge in [0.2, 0.25) is 0 Å². The Balaban J connectivity index is 1.12. The molecule has 0 radical (unpaired) electrons. The lowest BCUT2D eigenvalue weighted by Crippen LogP contribution is -1.94. The molecule has 0 fully saturated rings. The molecule has 2 aromatic heterocycles. The Kier molecular flexibility index (Phi) is 7.86. The number of benzene rings is 9. The van der Waals surface area contributed by atoms with Crippen molar-refractivity contribution >= 4 is 43.5 Å². The van der Waals surface area contributed by atoms with Crippen LogP contribution in [0.1, 0.15) is 0 Å². The van der Waals surface area contributed by atoms with Gasteiger partial charge < -0.3 is 0 Å². The Morgan fingerprint density at radius 1 is 0.298 bits per heavy atom. The molecule has 57 heavy (non-hydrogen) atoms. The zero-order chi connectivity index (χ0) is 37.7. The lowest BCUT2D eigenvalue weighted by Gasteiger charge is -2.20. The third-order valence-electron chi connectivity index (χ3n) is 11.5. The van der Waals surface area contributed by atoms with E-state index in [9.17, 15) is 0 Å². The van der Waals surface area contributed by atoms with Crippen LogP contribution in [0.3, 0.4) is 0 Å². The van der Waals surface area contributed by atoms with Crippen molar-refractivity contribution < 1.29 is 0 Å². The Bertz CT molecular complexity index is 3270. The standard InChI is InChI=1S/C55H36N2/c1-4-17-37(18-5-1)53-46-27-14-15-28-47(46)54(38-19-6-2-7-20-38)51-36-39(30-32-48(51)53)42-23-10-12-25-44(42)45-26-13-11-24-43(45)40-31-33-52-50(35-40)49-29-16-34-56-55(49)57(52)41-21-8-3-9-22-41/h1-36H. The highest BCUT2D eigenvalue weighted by Gasteiger charge is 2.20. The van der Waals surface area contributed by atoms with E-state index in [0.717, 1.165) is 22.2 Å². The van der Waals surface area contributed by atoms with Crippen LogP contribution in [-0.2, 0) is 0 Å². The summed E-state index contributed by atoms with van der Waals surface area (Å²) < 4.78 is 2.27. The Hall–Kier alpha value is -7.55. The quantitative estimate of drug-likeness (QED) is 0.156. The SMILES string of the molecule is c1ccc(-c2c3ccccc3c(-c3ccccc3)c3cc(-c4ccccc4-c4ccccc4-c4ccc5c(c4)c4cccnc4n5-c4ccccc4)ccc23)cc1. The maximum atomic E-state index is 4.86. The molecular weight excluding hydrogens is 689 g/mol. The molecule has 0 aliphatic rings. The molecule has 0 N–H and O–H groups in total. The molecule has 0 saturated carbocycles. The van der Waals surface area contributed by atoms with Crippen molar-refractivity contribution in [2.24, 2.45) is 0 Å². The minimum atomic E-state index is 0.962. The van der Waals surface area contributed by atoms with Gasteiger partial charge in [0.1, 0.15) is 5.65 Å². The summed E-state index contributed by atoms with van der Waals surface area (Å²) in [7, 11) is 0. The van der Waals surface area contributed by atoms with Crippen molar-refractivity contribution in [2.45, 2.75) is 0 Å². The highest BCUT2D eigenvalue weighted by Crippen LogP contribution is 2.46. The van der Waals surface area contributed by atoms with E-state index in [2.05, 4.69) is 211 Å². The zero-order valence-electron chi connectivity index (χ0n) is 31.2. The van der Waals surface area contributed by atoms with Gasteiger partial charge in [0.05, 0.1) is 5.52 Å². The molecule has 266 valence electrons. The molecule has 0 amide bonds. The topological polar surface area (TPSA) is 17.8 Å². The van der Waals surface area contributed by atoms with E-state index < -0.39 is 0 Å². The molecule has 2 heterocycles. The van der Waals surface area contributed by atoms with E-state index in [-0.39, 0.29) is 0 Å². The molecule has 2 heteroatoms. The van der Waals surface area contributed by atoms with Crippen LogP contribution in [0.15, 0.2) is 219 Å². The van der Waals surface area contributed by atoms with E-state index >= 15 is 0 Å². The fourth-order valence-corrected chi connectivity index (χ4v) is 8.97. The molecule has 0 atom stereocenters. The molecule has 0 aliphatic carbocycles. The Morgan fingerprint density at radius 2 is 0.754 bits per heavy atom. The van der Waals surface area contributed by atoms with Crippen LogP contribution in [0.5, 0.6) is 0 Å². The van der Waals surface area contributed by atoms with Crippen LogP contribution in [-0.4, -0.2) is 9.55 Å². The maximum Gasteiger partial charge on any atom is 0.145 e. The third kappa shape index (κ3) is 5.45. The highest BCUT2D eigenvalue weighted by molar-refractivity contribution is 6.22. The number of nitrogens with zero attached hydrogens (tertiary/aromatic N) is 2. The molecular formula is C55H36N2. The molecule has 0 aliphatic heterocycles. The molecule has 0 saturated heterocycles. The van der Waals surface area contributed by atoms with Crippen LogP contribution in [0.4, 0.5) is 0 Å². The Morgan fingerprint density at radius 3 is 1.37 bits per heavy atom. The second-order valence-corrected chi connectivity index (χ2v) is 14.7. The van der Waals surface area contributed by atoms with Gasteiger partial charge in [0.25, 0.3) is 0 Å². The molecule has 2 nitrogen and oxygen atoms in total. The predicted molar refractivity (Wildman–Crippen MR) is 241 cm³/mol. The van der Waals surface area contributed by atoms with Crippen molar-refractivity contribution in [3.8, 4) is 61.3 Å². The van der Waals surface area contributed by atoms with Gasteiger partial charge in [0, 0.05) is 22.7 Å². The average Bonchev–Trinajstić information content (AvgIpc) is 3.62. The maximum absolute atomic E-state index is 4.86. The number of pyridine rings is 1. The first-order valence-corrected chi connectivity index (χ1v) is 19.5. The summed E-state index contributed by atoms with van der Waals surface area (Å²) in [6.45, 7) is 0. The minimum absolute atomic E-state index is 0.962. The van der Waals surface area contributed by atoms with Crippen LogP contribution < -0.4 is 0 Å². The summed E-state index contributed by atoms with van der Waals surface area (Å²) in [6.07, 6.45) is 1.88. The van der Waals surface area contributed by atoms with Gasteiger partial charge in [-0.2, -0.15) is 0 Å². The predicted octanol–water partition coefficient (Wildman–Crippen LogP) is 14.8. The van der Waals surface area contributed by atoms with Crippen LogP contribution in [0, 0.1) is 0 Å². The molecule has 0 spiro atoms. The van der Waals surface area contributed by atoms with E-state index in [1.165, 1.54) is 82.6 Å². The number of para-hydroxylation sites is 1. The van der Waals surface area contributed by atoms with Gasteiger partial charge >= 0.3 is 0 Å². The molecule has 9 aromatic carbocycles. The first kappa shape index (κ1) is 32.8. The monoisotopic (exact) mass is 724 g/mol. The number of fused-ring (bicyclic) bond motifs is 5. The van der Waals surface area contributed by atoms with Crippen molar-refractivity contribution in [3.63, 3.8) is 0 Å². The molecule has 0 unspecified atom stereocenters.